The van der Waals surface area contributed by atoms with Gasteiger partial charge in [0.1, 0.15) is 0 Å². The minimum atomic E-state index is -5.67. The van der Waals surface area contributed by atoms with Gasteiger partial charge < -0.3 is 9.11 Å². The Balaban J connectivity index is -0.000000245. The van der Waals surface area contributed by atoms with Gasteiger partial charge in [-0.15, -0.1) is 0 Å². The molecular formula is H3O6PS2W-2. The van der Waals surface area contributed by atoms with Crippen LogP contribution in [0.1, 0.15) is 0 Å². The van der Waals surface area contributed by atoms with Gasteiger partial charge in [-0.1, -0.05) is 0 Å². The summed E-state index contributed by atoms with van der Waals surface area (Å²) in [5, 5.41) is 0. The van der Waals surface area contributed by atoms with E-state index in [1.807, 2.05) is 0 Å². The minimum absolute atomic E-state index is 0. The van der Waals surface area contributed by atoms with Crippen LogP contribution >= 0.6 is 9.90 Å². The normalized spacial score (nSPS) is 11.0. The molecule has 0 saturated carbocycles. The zero-order valence-electron chi connectivity index (χ0n) is 4.38. The van der Waals surface area contributed by atoms with Crippen LogP contribution in [0.3, 0.4) is 0 Å². The summed E-state index contributed by atoms with van der Waals surface area (Å²) in [5.74, 6) is 0. The molecular weight excluding hydrogens is 375 g/mol. The van der Waals surface area contributed by atoms with Gasteiger partial charge in [0.25, 0.3) is 0 Å². The fourth-order valence-electron chi connectivity index (χ4n) is 0. The smallest absolute Gasteiger partial charge is 0.191 e. The minimum Gasteiger partial charge on any atom is -0.736 e. The maximum absolute atomic E-state index is 9.20. The van der Waals surface area contributed by atoms with Crippen molar-refractivity contribution in [1.82, 2.24) is 0 Å². The zero-order valence-corrected chi connectivity index (χ0v) is 10.4. The molecule has 0 N–H and O–H groups in total. The van der Waals surface area contributed by atoms with Crippen LogP contribution in [0.25, 0.3) is 0 Å². The Kier molecular flexibility index (Phi) is 8.13. The van der Waals surface area contributed by atoms with Gasteiger partial charge in [-0.05, 0) is 0 Å². The molecule has 0 saturated heterocycles. The van der Waals surface area contributed by atoms with E-state index in [0.717, 1.165) is 0 Å². The van der Waals surface area contributed by atoms with Gasteiger partial charge in [0, 0.05) is 21.1 Å². The van der Waals surface area contributed by atoms with E-state index in [0.29, 0.717) is 0 Å². The van der Waals surface area contributed by atoms with Gasteiger partial charge in [0.05, 0.1) is 0 Å². The first-order valence-electron chi connectivity index (χ1n) is 1.17. The van der Waals surface area contributed by atoms with E-state index >= 15 is 0 Å². The molecule has 0 aliphatic heterocycles. The summed E-state index contributed by atoms with van der Waals surface area (Å²) in [6.45, 7) is 0. The van der Waals surface area contributed by atoms with Crippen molar-refractivity contribution in [3.05, 3.63) is 0 Å². The molecule has 64 valence electrons. The topological polar surface area (TPSA) is 114 Å². The summed E-state index contributed by atoms with van der Waals surface area (Å²) in [5.41, 5.74) is 0. The molecule has 0 aliphatic carbocycles. The van der Waals surface area contributed by atoms with Crippen LogP contribution in [0.15, 0.2) is 0 Å². The first-order valence-corrected chi connectivity index (χ1v) is 4.50. The predicted octanol–water partition coefficient (Wildman–Crippen LogP) is -1.95. The van der Waals surface area contributed by atoms with Crippen molar-refractivity contribution in [3.8, 4) is 0 Å². The SMILES string of the molecule is O=S(=O)([O-])S(=O)(=O)[O-].P.[W]. The number of hydrogen-bond acceptors (Lipinski definition) is 6. The fourth-order valence-corrected chi connectivity index (χ4v) is 0. The summed E-state index contributed by atoms with van der Waals surface area (Å²) >= 11 is 0. The first-order chi connectivity index (χ1) is 3.25. The zero-order chi connectivity index (χ0) is 7.00. The molecule has 10 heteroatoms. The summed E-state index contributed by atoms with van der Waals surface area (Å²) in [6, 6.07) is 0. The molecule has 0 aromatic heterocycles. The Morgan fingerprint density at radius 1 is 0.800 bits per heavy atom. The molecule has 0 rings (SSSR count). The fraction of sp³-hybridized carbons (Fsp3) is 0. The second kappa shape index (κ2) is 4.74. The van der Waals surface area contributed by atoms with E-state index in [1.165, 1.54) is 0 Å². The van der Waals surface area contributed by atoms with Crippen molar-refractivity contribution < 1.29 is 47.0 Å². The Labute approximate surface area is 75.2 Å². The van der Waals surface area contributed by atoms with E-state index in [4.69, 9.17) is 0 Å². The molecule has 1 unspecified atom stereocenters. The van der Waals surface area contributed by atoms with Crippen molar-refractivity contribution in [3.63, 3.8) is 0 Å². The van der Waals surface area contributed by atoms with Crippen molar-refractivity contribution >= 4 is 28.2 Å². The van der Waals surface area contributed by atoms with Crippen LogP contribution in [0.2, 0.25) is 0 Å². The second-order valence-corrected chi connectivity index (χ2v) is 4.90. The van der Waals surface area contributed by atoms with Crippen molar-refractivity contribution in [1.29, 1.82) is 0 Å². The Morgan fingerprint density at radius 2 is 0.900 bits per heavy atom. The molecule has 0 aromatic rings. The third-order valence-corrected chi connectivity index (χ3v) is 2.25. The van der Waals surface area contributed by atoms with E-state index in [1.54, 1.807) is 0 Å². The molecule has 6 nitrogen and oxygen atoms in total. The largest absolute Gasteiger partial charge is 0.736 e. The molecule has 0 aromatic carbocycles. The van der Waals surface area contributed by atoms with E-state index < -0.39 is 18.3 Å². The van der Waals surface area contributed by atoms with Gasteiger partial charge in [-0.3, -0.25) is 0 Å². The molecule has 0 amide bonds. The third-order valence-electron chi connectivity index (χ3n) is 0.250. The van der Waals surface area contributed by atoms with Gasteiger partial charge in [0.15, 0.2) is 18.3 Å². The van der Waals surface area contributed by atoms with Crippen molar-refractivity contribution in [2.24, 2.45) is 0 Å². The predicted molar refractivity (Wildman–Crippen MR) is 30.5 cm³/mol. The molecule has 0 radical (unpaired) electrons. The maximum atomic E-state index is 9.20. The van der Waals surface area contributed by atoms with Crippen LogP contribution in [0, 0.1) is 0 Å². The number of hydrogen-bond donors (Lipinski definition) is 0. The third kappa shape index (κ3) is 5.70. The molecule has 0 bridgehead atoms. The van der Waals surface area contributed by atoms with Gasteiger partial charge in [0.2, 0.25) is 0 Å². The Bertz CT molecular complexity index is 228. The summed E-state index contributed by atoms with van der Waals surface area (Å²) in [4.78, 5) is 0. The summed E-state index contributed by atoms with van der Waals surface area (Å²) in [7, 11) is -11.3. The van der Waals surface area contributed by atoms with E-state index in [9.17, 15) is 25.9 Å². The average Bonchev–Trinajstić information content (AvgIpc) is 1.25. The molecule has 0 fully saturated rings. The van der Waals surface area contributed by atoms with Crippen molar-refractivity contribution in [2.75, 3.05) is 0 Å². The maximum Gasteiger partial charge on any atom is 0.191 e. The van der Waals surface area contributed by atoms with Gasteiger partial charge in [-0.25, -0.2) is 16.8 Å². The Hall–Kier alpha value is 0.938. The molecule has 10 heavy (non-hydrogen) atoms. The molecule has 0 spiro atoms. The molecule has 0 aliphatic rings. The van der Waals surface area contributed by atoms with Crippen LogP contribution in [-0.4, -0.2) is 25.9 Å². The monoisotopic (exact) mass is 378 g/mol. The number of rotatable bonds is 1. The van der Waals surface area contributed by atoms with Gasteiger partial charge >= 0.3 is 0 Å². The van der Waals surface area contributed by atoms with Gasteiger partial charge in [-0.2, -0.15) is 9.90 Å². The van der Waals surface area contributed by atoms with Crippen LogP contribution in [0.5, 0.6) is 0 Å². The van der Waals surface area contributed by atoms with E-state index in [2.05, 4.69) is 0 Å². The Morgan fingerprint density at radius 3 is 0.900 bits per heavy atom. The second-order valence-electron chi connectivity index (χ2n) is 0.816. The molecule has 1 atom stereocenters. The van der Waals surface area contributed by atoms with Crippen LogP contribution in [0.4, 0.5) is 0 Å². The summed E-state index contributed by atoms with van der Waals surface area (Å²) < 4.78 is 55.2. The van der Waals surface area contributed by atoms with Crippen LogP contribution < -0.4 is 0 Å². The quantitative estimate of drug-likeness (QED) is 0.298. The average molecular weight is 378 g/mol. The first kappa shape index (κ1) is 17.1. The van der Waals surface area contributed by atoms with Crippen molar-refractivity contribution in [2.45, 2.75) is 0 Å². The summed E-state index contributed by atoms with van der Waals surface area (Å²) in [6.07, 6.45) is 0. The molecule has 0 heterocycles. The van der Waals surface area contributed by atoms with E-state index in [-0.39, 0.29) is 31.0 Å². The van der Waals surface area contributed by atoms with Crippen LogP contribution in [-0.2, 0) is 39.4 Å². The standard InChI is InChI=1S/H2O6S2.H3P.W/c1-7(2,3)8(4,5)6;;/h(H,1,2,3)(H,4,5,6);1H3;/p-2.